The topological polar surface area (TPSA) is 93.8 Å². The number of esters is 1. The van der Waals surface area contributed by atoms with E-state index in [4.69, 9.17) is 4.42 Å². The second kappa shape index (κ2) is 8.37. The number of ether oxygens (including phenoxy) is 1. The number of imide groups is 1. The number of nitrogens with zero attached hydrogens (tertiary/aromatic N) is 2. The van der Waals surface area contributed by atoms with Gasteiger partial charge in [0.15, 0.2) is 0 Å². The van der Waals surface area contributed by atoms with Crippen LogP contribution in [0.25, 0.3) is 17.0 Å². The number of benzene rings is 1. The fourth-order valence-electron chi connectivity index (χ4n) is 4.04. The quantitative estimate of drug-likeness (QED) is 0.352. The molecule has 8 nitrogen and oxygen atoms in total. The standard InChI is InChI=1S/C24H25N3O5/c1-5-14(2)27-15(3)18(17-8-6-7-9-20(17)27)12-19-22(28)26(24(30)25-19)13-16-10-11-21(32-16)23(29)31-4/h6-12,14H,5,13H2,1-4H3,(H,25,30)/b19-12-/t14-/m1/s1. The van der Waals surface area contributed by atoms with E-state index in [-0.39, 0.29) is 18.0 Å². The molecule has 3 heterocycles. The van der Waals surface area contributed by atoms with E-state index in [0.717, 1.165) is 33.5 Å². The number of urea groups is 1. The molecule has 1 aliphatic rings. The van der Waals surface area contributed by atoms with Crippen molar-refractivity contribution in [3.8, 4) is 0 Å². The van der Waals surface area contributed by atoms with Crippen LogP contribution < -0.4 is 5.32 Å². The summed E-state index contributed by atoms with van der Waals surface area (Å²) < 4.78 is 12.3. The first-order valence-corrected chi connectivity index (χ1v) is 10.5. The van der Waals surface area contributed by atoms with Crippen molar-refractivity contribution in [3.63, 3.8) is 0 Å². The summed E-state index contributed by atoms with van der Waals surface area (Å²) in [4.78, 5) is 38.1. The number of nitrogens with one attached hydrogen (secondary N) is 1. The van der Waals surface area contributed by atoms with Gasteiger partial charge in [-0.1, -0.05) is 25.1 Å². The lowest BCUT2D eigenvalue weighted by Crippen LogP contribution is -2.30. The van der Waals surface area contributed by atoms with E-state index < -0.39 is 17.9 Å². The van der Waals surface area contributed by atoms with Gasteiger partial charge in [-0.15, -0.1) is 0 Å². The van der Waals surface area contributed by atoms with Gasteiger partial charge < -0.3 is 19.0 Å². The molecule has 1 saturated heterocycles. The van der Waals surface area contributed by atoms with Gasteiger partial charge in [-0.05, 0) is 44.5 Å². The third kappa shape index (κ3) is 3.57. The van der Waals surface area contributed by atoms with E-state index in [2.05, 4.69) is 34.5 Å². The van der Waals surface area contributed by atoms with Crippen molar-refractivity contribution in [1.82, 2.24) is 14.8 Å². The molecule has 0 radical (unpaired) electrons. The Kier molecular flexibility index (Phi) is 5.61. The Hall–Kier alpha value is -3.81. The highest BCUT2D eigenvalue weighted by atomic mass is 16.5. The van der Waals surface area contributed by atoms with E-state index in [1.165, 1.54) is 13.2 Å². The van der Waals surface area contributed by atoms with Crippen LogP contribution in [-0.4, -0.2) is 34.5 Å². The van der Waals surface area contributed by atoms with Gasteiger partial charge in [0.2, 0.25) is 5.76 Å². The minimum absolute atomic E-state index is 0.0128. The first-order chi connectivity index (χ1) is 15.3. The zero-order chi connectivity index (χ0) is 23.0. The van der Waals surface area contributed by atoms with Crippen LogP contribution in [0, 0.1) is 6.92 Å². The van der Waals surface area contributed by atoms with Gasteiger partial charge in [0.05, 0.1) is 13.7 Å². The lowest BCUT2D eigenvalue weighted by atomic mass is 10.1. The monoisotopic (exact) mass is 435 g/mol. The summed E-state index contributed by atoms with van der Waals surface area (Å²) in [5.41, 5.74) is 3.22. The van der Waals surface area contributed by atoms with E-state index in [1.807, 2.05) is 25.1 Å². The number of carbonyl (C=O) groups excluding carboxylic acids is 3. The molecule has 1 aliphatic heterocycles. The smallest absolute Gasteiger partial charge is 0.373 e. The van der Waals surface area contributed by atoms with Crippen LogP contribution in [0.3, 0.4) is 0 Å². The fourth-order valence-corrected chi connectivity index (χ4v) is 4.04. The lowest BCUT2D eigenvalue weighted by molar-refractivity contribution is -0.123. The number of hydrogen-bond donors (Lipinski definition) is 1. The molecule has 3 amide bonds. The number of para-hydroxylation sites is 1. The third-order valence-corrected chi connectivity index (χ3v) is 5.85. The molecule has 1 aromatic carbocycles. The molecular weight excluding hydrogens is 410 g/mol. The van der Waals surface area contributed by atoms with Gasteiger partial charge in [-0.3, -0.25) is 9.69 Å². The van der Waals surface area contributed by atoms with Crippen molar-refractivity contribution < 1.29 is 23.5 Å². The van der Waals surface area contributed by atoms with E-state index in [9.17, 15) is 14.4 Å². The lowest BCUT2D eigenvalue weighted by Gasteiger charge is -2.15. The Bertz CT molecular complexity index is 1250. The first-order valence-electron chi connectivity index (χ1n) is 10.5. The second-order valence-electron chi connectivity index (χ2n) is 7.78. The molecule has 3 aromatic rings. The van der Waals surface area contributed by atoms with Crippen molar-refractivity contribution in [1.29, 1.82) is 0 Å². The second-order valence-corrected chi connectivity index (χ2v) is 7.78. The predicted octanol–water partition coefficient (Wildman–Crippen LogP) is 4.39. The maximum Gasteiger partial charge on any atom is 0.373 e. The molecule has 2 aromatic heterocycles. The van der Waals surface area contributed by atoms with Crippen LogP contribution in [0.15, 0.2) is 46.5 Å². The number of amides is 3. The average molecular weight is 435 g/mol. The zero-order valence-corrected chi connectivity index (χ0v) is 18.5. The Morgan fingerprint density at radius 1 is 1.22 bits per heavy atom. The number of fused-ring (bicyclic) bond motifs is 1. The van der Waals surface area contributed by atoms with Crippen molar-refractivity contribution in [2.24, 2.45) is 0 Å². The van der Waals surface area contributed by atoms with Gasteiger partial charge in [-0.2, -0.15) is 0 Å². The molecule has 32 heavy (non-hydrogen) atoms. The molecule has 0 unspecified atom stereocenters. The van der Waals surface area contributed by atoms with Gasteiger partial charge in [0.25, 0.3) is 5.91 Å². The molecule has 0 spiro atoms. The van der Waals surface area contributed by atoms with Crippen LogP contribution >= 0.6 is 0 Å². The highest BCUT2D eigenvalue weighted by Crippen LogP contribution is 2.32. The van der Waals surface area contributed by atoms with Crippen molar-refractivity contribution in [2.75, 3.05) is 7.11 Å². The molecule has 166 valence electrons. The Morgan fingerprint density at radius 3 is 2.69 bits per heavy atom. The van der Waals surface area contributed by atoms with Crippen LogP contribution in [0.1, 0.15) is 53.9 Å². The first kappa shape index (κ1) is 21.4. The van der Waals surface area contributed by atoms with Crippen LogP contribution in [-0.2, 0) is 16.1 Å². The van der Waals surface area contributed by atoms with Crippen molar-refractivity contribution in [3.05, 3.63) is 64.9 Å². The Balaban J connectivity index is 1.66. The summed E-state index contributed by atoms with van der Waals surface area (Å²) in [5, 5.41) is 3.68. The normalized spacial score (nSPS) is 16.1. The molecule has 0 bridgehead atoms. The molecule has 1 fully saturated rings. The number of rotatable bonds is 6. The zero-order valence-electron chi connectivity index (χ0n) is 18.5. The Morgan fingerprint density at radius 2 is 1.97 bits per heavy atom. The number of furan rings is 1. The van der Waals surface area contributed by atoms with E-state index >= 15 is 0 Å². The minimum atomic E-state index is -0.623. The van der Waals surface area contributed by atoms with Gasteiger partial charge >= 0.3 is 12.0 Å². The highest BCUT2D eigenvalue weighted by Gasteiger charge is 2.35. The molecule has 1 N–H and O–H groups in total. The van der Waals surface area contributed by atoms with Gasteiger partial charge in [-0.25, -0.2) is 9.59 Å². The summed E-state index contributed by atoms with van der Waals surface area (Å²) in [6.45, 7) is 6.23. The third-order valence-electron chi connectivity index (χ3n) is 5.85. The number of carbonyl (C=O) groups is 3. The maximum absolute atomic E-state index is 13.0. The number of aromatic nitrogens is 1. The summed E-state index contributed by atoms with van der Waals surface area (Å²) in [5.74, 6) is -0.758. The van der Waals surface area contributed by atoms with E-state index in [0.29, 0.717) is 11.8 Å². The van der Waals surface area contributed by atoms with Crippen molar-refractivity contribution >= 4 is 34.9 Å². The summed E-state index contributed by atoms with van der Waals surface area (Å²) in [6, 6.07) is 10.8. The average Bonchev–Trinajstić information content (AvgIpc) is 3.45. The molecular formula is C24H25N3O5. The maximum atomic E-state index is 13.0. The summed E-state index contributed by atoms with van der Waals surface area (Å²) in [6.07, 6.45) is 2.70. The molecule has 8 heteroatoms. The largest absolute Gasteiger partial charge is 0.463 e. The minimum Gasteiger partial charge on any atom is -0.463 e. The number of hydrogen-bond acceptors (Lipinski definition) is 5. The van der Waals surface area contributed by atoms with E-state index in [1.54, 1.807) is 12.1 Å². The SMILES string of the molecule is CC[C@@H](C)n1c(C)c(/C=C2\NC(=O)N(Cc3ccc(C(=O)OC)o3)C2=O)c2ccccc21. The van der Waals surface area contributed by atoms with Crippen LogP contribution in [0.2, 0.25) is 0 Å². The summed E-state index contributed by atoms with van der Waals surface area (Å²) in [7, 11) is 1.25. The summed E-state index contributed by atoms with van der Waals surface area (Å²) >= 11 is 0. The molecule has 0 aliphatic carbocycles. The number of methoxy groups -OCH3 is 1. The molecule has 0 saturated carbocycles. The van der Waals surface area contributed by atoms with Gasteiger partial charge in [0.1, 0.15) is 11.5 Å². The van der Waals surface area contributed by atoms with Crippen LogP contribution in [0.5, 0.6) is 0 Å². The Labute approximate surface area is 185 Å². The molecule has 1 atom stereocenters. The highest BCUT2D eigenvalue weighted by molar-refractivity contribution is 6.14. The molecule has 4 rings (SSSR count). The predicted molar refractivity (Wildman–Crippen MR) is 119 cm³/mol. The van der Waals surface area contributed by atoms with Crippen LogP contribution in [0.4, 0.5) is 4.79 Å². The fraction of sp³-hybridized carbons (Fsp3) is 0.292. The van der Waals surface area contributed by atoms with Gasteiger partial charge in [0, 0.05) is 28.2 Å². The van der Waals surface area contributed by atoms with Crippen molar-refractivity contribution in [2.45, 2.75) is 39.8 Å².